The van der Waals surface area contributed by atoms with Crippen LogP contribution in [0.2, 0.25) is 0 Å². The van der Waals surface area contributed by atoms with Crippen molar-refractivity contribution in [3.05, 3.63) is 0 Å². The zero-order valence-corrected chi connectivity index (χ0v) is 33.5. The second kappa shape index (κ2) is 36.8. The molecule has 0 aromatic heterocycles. The van der Waals surface area contributed by atoms with Gasteiger partial charge in [-0.15, -0.1) is 0 Å². The molecule has 0 spiro atoms. The topological polar surface area (TPSA) is 100 Å². The van der Waals surface area contributed by atoms with Gasteiger partial charge in [-0.1, -0.05) is 195 Å². The quantitative estimate of drug-likeness (QED) is 0.0483. The van der Waals surface area contributed by atoms with Gasteiger partial charge in [0.05, 0.1) is 19.8 Å². The van der Waals surface area contributed by atoms with E-state index in [1.165, 1.54) is 161 Å². The van der Waals surface area contributed by atoms with Crippen LogP contribution in [0.3, 0.4) is 0 Å². The lowest BCUT2D eigenvalue weighted by Crippen LogP contribution is -2.31. The summed E-state index contributed by atoms with van der Waals surface area (Å²) in [7, 11) is -4.21. The molecule has 7 nitrogen and oxygen atoms in total. The first-order valence-electron chi connectivity index (χ1n) is 20.9. The van der Waals surface area contributed by atoms with E-state index in [1.807, 2.05) is 13.8 Å². The Balaban J connectivity index is 4.09. The number of hydrogen-bond donors (Lipinski definition) is 2. The van der Waals surface area contributed by atoms with Gasteiger partial charge in [-0.3, -0.25) is 9.05 Å². The van der Waals surface area contributed by atoms with Gasteiger partial charge in [0.15, 0.2) is 0 Å². The Kier molecular flexibility index (Phi) is 36.8. The minimum Gasteiger partial charge on any atom is -0.379 e. The second-order valence-electron chi connectivity index (χ2n) is 14.7. The average Bonchev–Trinajstić information content (AvgIpc) is 3.07. The van der Waals surface area contributed by atoms with E-state index in [4.69, 9.17) is 24.3 Å². The van der Waals surface area contributed by atoms with E-state index in [0.717, 1.165) is 19.3 Å². The molecule has 3 N–H and O–H groups in total. The molecule has 8 heteroatoms. The molecule has 0 amide bonds. The van der Waals surface area contributed by atoms with E-state index in [2.05, 4.69) is 13.8 Å². The molecule has 3 atom stereocenters. The second-order valence-corrected chi connectivity index (χ2v) is 16.2. The van der Waals surface area contributed by atoms with Crippen LogP contribution in [-0.4, -0.2) is 50.1 Å². The highest BCUT2D eigenvalue weighted by molar-refractivity contribution is 7.47. The van der Waals surface area contributed by atoms with E-state index < -0.39 is 13.9 Å². The van der Waals surface area contributed by atoms with Gasteiger partial charge >= 0.3 is 7.82 Å². The van der Waals surface area contributed by atoms with Gasteiger partial charge in [0.25, 0.3) is 0 Å². The van der Waals surface area contributed by atoms with Crippen molar-refractivity contribution in [2.45, 2.75) is 220 Å². The summed E-state index contributed by atoms with van der Waals surface area (Å²) in [6, 6.07) is -0.324. The molecule has 0 aliphatic heterocycles. The lowest BCUT2D eigenvalue weighted by atomic mass is 10.0. The molecule has 0 aromatic rings. The van der Waals surface area contributed by atoms with Crippen molar-refractivity contribution in [2.75, 3.05) is 33.0 Å². The third kappa shape index (κ3) is 35.8. The first kappa shape index (κ1) is 48.0. The summed E-state index contributed by atoms with van der Waals surface area (Å²) in [5.74, 6) is 0.148. The summed E-state index contributed by atoms with van der Waals surface area (Å²) < 4.78 is 34.9. The molecule has 0 saturated heterocycles. The Bertz CT molecular complexity index is 682. The Hall–Kier alpha value is -0.0100. The highest BCUT2D eigenvalue weighted by Gasteiger charge is 2.25. The Morgan fingerprint density at radius 2 is 0.833 bits per heavy atom. The Morgan fingerprint density at radius 3 is 1.21 bits per heavy atom. The number of phosphoric acid groups is 1. The van der Waals surface area contributed by atoms with Crippen molar-refractivity contribution in [1.82, 2.24) is 0 Å². The van der Waals surface area contributed by atoms with Gasteiger partial charge in [0.2, 0.25) is 0 Å². The van der Waals surface area contributed by atoms with Crippen molar-refractivity contribution in [3.8, 4) is 0 Å². The number of unbranched alkanes of at least 4 members (excludes halogenated alkanes) is 26. The third-order valence-electron chi connectivity index (χ3n) is 9.51. The van der Waals surface area contributed by atoms with Crippen LogP contribution < -0.4 is 5.73 Å². The predicted octanol–water partition coefficient (Wildman–Crippen LogP) is 12.5. The van der Waals surface area contributed by atoms with E-state index in [1.54, 1.807) is 0 Å². The summed E-state index contributed by atoms with van der Waals surface area (Å²) in [4.78, 5) is 10.2. The van der Waals surface area contributed by atoms with Gasteiger partial charge in [-0.2, -0.15) is 0 Å². The fourth-order valence-corrected chi connectivity index (χ4v) is 6.68. The van der Waals surface area contributed by atoms with Crippen LogP contribution in [-0.2, 0) is 23.1 Å². The normalized spacial score (nSPS) is 14.5. The number of nitrogens with two attached hydrogens (primary N) is 1. The van der Waals surface area contributed by atoms with Gasteiger partial charge < -0.3 is 20.1 Å². The molecular weight excluding hydrogens is 621 g/mol. The molecule has 0 bridgehead atoms. The zero-order valence-electron chi connectivity index (χ0n) is 32.6. The van der Waals surface area contributed by atoms with E-state index in [0.29, 0.717) is 19.8 Å². The molecule has 0 aliphatic carbocycles. The summed E-state index contributed by atoms with van der Waals surface area (Å²) in [5, 5.41) is 0. The summed E-state index contributed by atoms with van der Waals surface area (Å²) in [5.41, 5.74) is 5.97. The molecule has 2 unspecified atom stereocenters. The van der Waals surface area contributed by atoms with Gasteiger partial charge in [-0.25, -0.2) is 4.57 Å². The molecular formula is C40H84NO6P. The molecule has 0 aliphatic rings. The van der Waals surface area contributed by atoms with Crippen molar-refractivity contribution in [3.63, 3.8) is 0 Å². The van der Waals surface area contributed by atoms with Crippen molar-refractivity contribution >= 4 is 7.82 Å². The molecule has 0 rings (SSSR count). The van der Waals surface area contributed by atoms with Gasteiger partial charge in [0, 0.05) is 19.3 Å². The van der Waals surface area contributed by atoms with Crippen LogP contribution >= 0.6 is 7.82 Å². The minimum absolute atomic E-state index is 0.0222. The van der Waals surface area contributed by atoms with Crippen LogP contribution in [0, 0.1) is 5.92 Å². The van der Waals surface area contributed by atoms with Crippen LogP contribution in [0.15, 0.2) is 0 Å². The standard InChI is InChI=1S/C40H84NO6P/c1-5-7-9-11-13-15-17-19-21-23-25-27-29-31-33-44-35-39(36-46-48(42,43)47-37-40(41)38(3)4)45-34-32-30-28-26-24-22-20-18-16-14-12-10-8-6-2/h38-40H,5-37,41H2,1-4H3,(H,42,43)/t39-,40?/m1/s1. The monoisotopic (exact) mass is 706 g/mol. The summed E-state index contributed by atoms with van der Waals surface area (Å²) in [6.45, 7) is 10.0. The maximum absolute atomic E-state index is 12.4. The van der Waals surface area contributed by atoms with Gasteiger partial charge in [0.1, 0.15) is 6.10 Å². The largest absolute Gasteiger partial charge is 0.472 e. The first-order chi connectivity index (χ1) is 23.3. The Labute approximate surface area is 299 Å². The van der Waals surface area contributed by atoms with Crippen LogP contribution in [0.4, 0.5) is 0 Å². The van der Waals surface area contributed by atoms with E-state index in [9.17, 15) is 9.46 Å². The zero-order chi connectivity index (χ0) is 35.4. The molecule has 290 valence electrons. The molecule has 48 heavy (non-hydrogen) atoms. The Morgan fingerprint density at radius 1 is 0.500 bits per heavy atom. The lowest BCUT2D eigenvalue weighted by Gasteiger charge is -2.21. The third-order valence-corrected chi connectivity index (χ3v) is 10.5. The molecule has 0 radical (unpaired) electrons. The summed E-state index contributed by atoms with van der Waals surface area (Å²) >= 11 is 0. The minimum atomic E-state index is -4.21. The number of hydrogen-bond acceptors (Lipinski definition) is 6. The first-order valence-corrected chi connectivity index (χ1v) is 22.4. The number of ether oxygens (including phenoxy) is 2. The van der Waals surface area contributed by atoms with Crippen LogP contribution in [0.1, 0.15) is 207 Å². The van der Waals surface area contributed by atoms with Crippen molar-refractivity contribution in [2.24, 2.45) is 11.7 Å². The maximum Gasteiger partial charge on any atom is 0.472 e. The number of rotatable bonds is 40. The smallest absolute Gasteiger partial charge is 0.379 e. The van der Waals surface area contributed by atoms with Crippen LogP contribution in [0.25, 0.3) is 0 Å². The van der Waals surface area contributed by atoms with Crippen molar-refractivity contribution in [1.29, 1.82) is 0 Å². The van der Waals surface area contributed by atoms with E-state index >= 15 is 0 Å². The van der Waals surface area contributed by atoms with Crippen molar-refractivity contribution < 1.29 is 28.0 Å². The maximum atomic E-state index is 12.4. The fraction of sp³-hybridized carbons (Fsp3) is 1.00. The predicted molar refractivity (Wildman–Crippen MR) is 206 cm³/mol. The highest BCUT2D eigenvalue weighted by Crippen LogP contribution is 2.43. The molecule has 0 fully saturated rings. The fourth-order valence-electron chi connectivity index (χ4n) is 5.89. The van der Waals surface area contributed by atoms with Gasteiger partial charge in [-0.05, 0) is 18.8 Å². The van der Waals surface area contributed by atoms with E-state index in [-0.39, 0.29) is 25.2 Å². The lowest BCUT2D eigenvalue weighted by molar-refractivity contribution is -0.0446. The highest BCUT2D eigenvalue weighted by atomic mass is 31.2. The average molecular weight is 706 g/mol. The molecule has 0 aromatic carbocycles. The number of phosphoric ester groups is 1. The van der Waals surface area contributed by atoms with Crippen LogP contribution in [0.5, 0.6) is 0 Å². The molecule has 0 heterocycles. The molecule has 0 saturated carbocycles. The summed E-state index contributed by atoms with van der Waals surface area (Å²) in [6.07, 6.45) is 36.6. The SMILES string of the molecule is CCCCCCCCCCCCCCCCOC[C@H](COP(=O)(O)OCC(N)C(C)C)OCCCCCCCCCCCCCCCC.